The molecule has 0 unspecified atom stereocenters. The maximum Gasteiger partial charge on any atom is 0.243 e. The monoisotopic (exact) mass is 357 g/mol. The van der Waals surface area contributed by atoms with Crippen LogP contribution in [-0.4, -0.2) is 20.6 Å². The van der Waals surface area contributed by atoms with E-state index in [1.54, 1.807) is 12.1 Å². The van der Waals surface area contributed by atoms with E-state index in [1.165, 1.54) is 0 Å². The molecular formula is C20H23NO3S. The SMILES string of the molecule is CS(=O)(=O)N(C(=O)C1CCCCC1)c1ccc(-c2ccccc2)cc1. The Morgan fingerprint density at radius 1 is 0.880 bits per heavy atom. The van der Waals surface area contributed by atoms with E-state index >= 15 is 0 Å². The van der Waals surface area contributed by atoms with Crippen LogP contribution in [0.3, 0.4) is 0 Å². The Bertz CT molecular complexity index is 823. The number of carbonyl (C=O) groups excluding carboxylic acids is 1. The van der Waals surface area contributed by atoms with Crippen molar-refractivity contribution in [3.8, 4) is 11.1 Å². The van der Waals surface area contributed by atoms with E-state index in [-0.39, 0.29) is 11.8 Å². The van der Waals surface area contributed by atoms with Gasteiger partial charge in [0.1, 0.15) is 0 Å². The zero-order valence-corrected chi connectivity index (χ0v) is 15.2. The first kappa shape index (κ1) is 17.7. The summed E-state index contributed by atoms with van der Waals surface area (Å²) in [4.78, 5) is 12.8. The molecule has 0 saturated heterocycles. The van der Waals surface area contributed by atoms with Crippen LogP contribution in [0.1, 0.15) is 32.1 Å². The summed E-state index contributed by atoms with van der Waals surface area (Å²) in [6.45, 7) is 0. The van der Waals surface area contributed by atoms with Crippen molar-refractivity contribution in [3.05, 3.63) is 54.6 Å². The van der Waals surface area contributed by atoms with Gasteiger partial charge in [-0.2, -0.15) is 0 Å². The van der Waals surface area contributed by atoms with E-state index < -0.39 is 10.0 Å². The van der Waals surface area contributed by atoms with Gasteiger partial charge in [-0.3, -0.25) is 4.79 Å². The smallest absolute Gasteiger partial charge is 0.243 e. The van der Waals surface area contributed by atoms with Crippen molar-refractivity contribution >= 4 is 21.6 Å². The van der Waals surface area contributed by atoms with Gasteiger partial charge < -0.3 is 0 Å². The summed E-state index contributed by atoms with van der Waals surface area (Å²) in [7, 11) is -3.66. The van der Waals surface area contributed by atoms with Gasteiger partial charge in [0.2, 0.25) is 15.9 Å². The van der Waals surface area contributed by atoms with Crippen molar-refractivity contribution in [2.75, 3.05) is 10.6 Å². The number of anilines is 1. The highest BCUT2D eigenvalue weighted by atomic mass is 32.2. The number of benzene rings is 2. The molecule has 0 radical (unpaired) electrons. The third-order valence-electron chi connectivity index (χ3n) is 4.70. The van der Waals surface area contributed by atoms with Gasteiger partial charge >= 0.3 is 0 Å². The van der Waals surface area contributed by atoms with Crippen LogP contribution in [0.2, 0.25) is 0 Å². The number of amides is 1. The molecule has 1 saturated carbocycles. The number of rotatable bonds is 4. The van der Waals surface area contributed by atoms with Gasteiger partial charge in [0.25, 0.3) is 0 Å². The number of nitrogens with zero attached hydrogens (tertiary/aromatic N) is 1. The molecule has 0 bridgehead atoms. The molecule has 132 valence electrons. The molecule has 2 aromatic rings. The minimum Gasteiger partial charge on any atom is -0.273 e. The van der Waals surface area contributed by atoms with E-state index in [0.717, 1.165) is 53.8 Å². The Kier molecular flexibility index (Phi) is 5.23. The van der Waals surface area contributed by atoms with Gasteiger partial charge in [-0.15, -0.1) is 0 Å². The molecule has 0 aromatic heterocycles. The largest absolute Gasteiger partial charge is 0.273 e. The molecular weight excluding hydrogens is 334 g/mol. The summed E-state index contributed by atoms with van der Waals surface area (Å²) in [6, 6.07) is 17.0. The van der Waals surface area contributed by atoms with Gasteiger partial charge in [0.05, 0.1) is 11.9 Å². The third kappa shape index (κ3) is 4.10. The molecule has 1 amide bonds. The number of carbonyl (C=O) groups is 1. The predicted octanol–water partition coefficient (Wildman–Crippen LogP) is 4.23. The summed E-state index contributed by atoms with van der Waals surface area (Å²) < 4.78 is 25.5. The molecule has 25 heavy (non-hydrogen) atoms. The Balaban J connectivity index is 1.90. The lowest BCUT2D eigenvalue weighted by Crippen LogP contribution is -2.41. The van der Waals surface area contributed by atoms with Crippen LogP contribution >= 0.6 is 0 Å². The summed E-state index contributed by atoms with van der Waals surface area (Å²) in [5, 5.41) is 0. The minimum atomic E-state index is -3.66. The van der Waals surface area contributed by atoms with E-state index in [2.05, 4.69) is 0 Å². The molecule has 1 aliphatic carbocycles. The molecule has 3 rings (SSSR count). The molecule has 0 atom stereocenters. The number of hydrogen-bond acceptors (Lipinski definition) is 3. The lowest BCUT2D eigenvalue weighted by Gasteiger charge is -2.27. The number of hydrogen-bond donors (Lipinski definition) is 0. The highest BCUT2D eigenvalue weighted by Crippen LogP contribution is 2.30. The van der Waals surface area contributed by atoms with E-state index in [4.69, 9.17) is 0 Å². The molecule has 0 N–H and O–H groups in total. The van der Waals surface area contributed by atoms with Crippen LogP contribution in [0.4, 0.5) is 5.69 Å². The summed E-state index contributed by atoms with van der Waals surface area (Å²) in [5.74, 6) is -0.494. The topological polar surface area (TPSA) is 54.5 Å². The molecule has 1 fully saturated rings. The summed E-state index contributed by atoms with van der Waals surface area (Å²) >= 11 is 0. The average Bonchev–Trinajstić information content (AvgIpc) is 2.63. The normalized spacial score (nSPS) is 15.7. The first-order valence-corrected chi connectivity index (χ1v) is 10.5. The predicted molar refractivity (Wildman–Crippen MR) is 101 cm³/mol. The Morgan fingerprint density at radius 2 is 1.44 bits per heavy atom. The maximum absolute atomic E-state index is 12.8. The second kappa shape index (κ2) is 7.40. The summed E-state index contributed by atoms with van der Waals surface area (Å²) in [5.41, 5.74) is 2.46. The highest BCUT2D eigenvalue weighted by molar-refractivity contribution is 7.92. The lowest BCUT2D eigenvalue weighted by molar-refractivity contribution is -0.122. The molecule has 0 aliphatic heterocycles. The Morgan fingerprint density at radius 3 is 2.00 bits per heavy atom. The quantitative estimate of drug-likeness (QED) is 0.823. The second-order valence-corrected chi connectivity index (χ2v) is 8.44. The standard InChI is InChI=1S/C20H23NO3S/c1-25(23,24)21(20(22)18-10-6-3-7-11-18)19-14-12-17(13-15-19)16-8-4-2-5-9-16/h2,4-5,8-9,12-15,18H,3,6-7,10-11H2,1H3. The van der Waals surface area contributed by atoms with Crippen LogP contribution < -0.4 is 4.31 Å². The van der Waals surface area contributed by atoms with Crippen molar-refractivity contribution in [1.29, 1.82) is 0 Å². The molecule has 1 aliphatic rings. The zero-order chi connectivity index (χ0) is 17.9. The van der Waals surface area contributed by atoms with Gasteiger partial charge in [0.15, 0.2) is 0 Å². The van der Waals surface area contributed by atoms with Crippen molar-refractivity contribution < 1.29 is 13.2 Å². The Labute approximate surface area is 149 Å². The van der Waals surface area contributed by atoms with Crippen LogP contribution in [0.25, 0.3) is 11.1 Å². The van der Waals surface area contributed by atoms with Crippen LogP contribution in [0.5, 0.6) is 0 Å². The van der Waals surface area contributed by atoms with Crippen LogP contribution in [-0.2, 0) is 14.8 Å². The zero-order valence-electron chi connectivity index (χ0n) is 14.4. The average molecular weight is 357 g/mol. The maximum atomic E-state index is 12.8. The van der Waals surface area contributed by atoms with Crippen molar-refractivity contribution in [1.82, 2.24) is 0 Å². The van der Waals surface area contributed by atoms with Crippen molar-refractivity contribution in [2.24, 2.45) is 5.92 Å². The Hall–Kier alpha value is -2.14. The first-order valence-electron chi connectivity index (χ1n) is 8.66. The van der Waals surface area contributed by atoms with Crippen LogP contribution in [0, 0.1) is 5.92 Å². The molecule has 2 aromatic carbocycles. The van der Waals surface area contributed by atoms with Gasteiger partial charge in [-0.25, -0.2) is 12.7 Å². The van der Waals surface area contributed by atoms with E-state index in [0.29, 0.717) is 5.69 Å². The first-order chi connectivity index (χ1) is 12.0. The molecule has 5 heteroatoms. The fourth-order valence-corrected chi connectivity index (χ4v) is 4.40. The minimum absolute atomic E-state index is 0.197. The third-order valence-corrected chi connectivity index (χ3v) is 5.75. The molecule has 0 heterocycles. The fourth-order valence-electron chi connectivity index (χ4n) is 3.42. The van der Waals surface area contributed by atoms with E-state index in [9.17, 15) is 13.2 Å². The van der Waals surface area contributed by atoms with Crippen molar-refractivity contribution in [3.63, 3.8) is 0 Å². The number of sulfonamides is 1. The van der Waals surface area contributed by atoms with Crippen LogP contribution in [0.15, 0.2) is 54.6 Å². The van der Waals surface area contributed by atoms with E-state index in [1.807, 2.05) is 42.5 Å². The molecule has 4 nitrogen and oxygen atoms in total. The van der Waals surface area contributed by atoms with Gasteiger partial charge in [-0.1, -0.05) is 61.7 Å². The summed E-state index contributed by atoms with van der Waals surface area (Å²) in [6.07, 6.45) is 5.73. The van der Waals surface area contributed by atoms with Gasteiger partial charge in [0, 0.05) is 5.92 Å². The second-order valence-electron chi connectivity index (χ2n) is 6.61. The lowest BCUT2D eigenvalue weighted by atomic mass is 9.88. The fraction of sp³-hybridized carbons (Fsp3) is 0.350. The van der Waals surface area contributed by atoms with Gasteiger partial charge in [-0.05, 0) is 36.1 Å². The van der Waals surface area contributed by atoms with Crippen molar-refractivity contribution in [2.45, 2.75) is 32.1 Å². The molecule has 0 spiro atoms. The highest BCUT2D eigenvalue weighted by Gasteiger charge is 2.32.